The molecular formula is C74H132O6. The van der Waals surface area contributed by atoms with Crippen molar-refractivity contribution >= 4 is 17.9 Å². The van der Waals surface area contributed by atoms with Gasteiger partial charge in [0.1, 0.15) is 13.2 Å². The molecule has 0 aliphatic carbocycles. The maximum atomic E-state index is 12.9. The fourth-order valence-electron chi connectivity index (χ4n) is 10.2. The van der Waals surface area contributed by atoms with E-state index < -0.39 is 6.10 Å². The lowest BCUT2D eigenvalue weighted by atomic mass is 10.0. The fourth-order valence-corrected chi connectivity index (χ4v) is 10.2. The molecule has 0 fully saturated rings. The lowest BCUT2D eigenvalue weighted by Crippen LogP contribution is -2.30. The van der Waals surface area contributed by atoms with Gasteiger partial charge in [0, 0.05) is 19.3 Å². The number of allylic oxidation sites excluding steroid dienone is 12. The first kappa shape index (κ1) is 76.9. The zero-order valence-corrected chi connectivity index (χ0v) is 53.3. The standard InChI is InChI=1S/C74H132O6/c1-4-7-10-13-16-19-22-25-28-31-33-35-36-37-38-40-41-43-46-49-52-55-58-61-64-67-73(76)79-70-71(69-78-72(75)66-63-60-57-54-51-48-45-30-27-24-21-18-15-12-9-6-3)80-74(77)68-65-62-59-56-53-50-47-44-42-39-34-32-29-26-23-20-17-14-11-8-5-2/h8,11,17,20,26,29-30,34,39,44-45,47,71H,4-7,9-10,12-16,18-19,21-25,27-28,31-33,35-38,40-43,46,48-70H2,1-3H3/b11-8-,20-17-,29-26-,39-34-,45-30-,47-44-. The Labute approximate surface area is 497 Å². The van der Waals surface area contributed by atoms with E-state index in [2.05, 4.69) is 93.7 Å². The highest BCUT2D eigenvalue weighted by Crippen LogP contribution is 2.18. The largest absolute Gasteiger partial charge is 0.462 e. The summed E-state index contributed by atoms with van der Waals surface area (Å²) >= 11 is 0. The minimum absolute atomic E-state index is 0.0828. The van der Waals surface area contributed by atoms with Gasteiger partial charge in [-0.15, -0.1) is 0 Å². The van der Waals surface area contributed by atoms with Crippen molar-refractivity contribution in [2.24, 2.45) is 0 Å². The summed E-state index contributed by atoms with van der Waals surface area (Å²) in [5.41, 5.74) is 0. The molecule has 1 unspecified atom stereocenters. The van der Waals surface area contributed by atoms with E-state index in [1.165, 1.54) is 205 Å². The summed E-state index contributed by atoms with van der Waals surface area (Å²) in [5, 5.41) is 0. The molecule has 0 N–H and O–H groups in total. The van der Waals surface area contributed by atoms with Crippen LogP contribution in [0.15, 0.2) is 72.9 Å². The summed E-state index contributed by atoms with van der Waals surface area (Å²) in [7, 11) is 0. The first-order chi connectivity index (χ1) is 39.5. The van der Waals surface area contributed by atoms with Crippen LogP contribution in [0.2, 0.25) is 0 Å². The first-order valence-corrected chi connectivity index (χ1v) is 34.9. The van der Waals surface area contributed by atoms with Gasteiger partial charge in [0.15, 0.2) is 6.10 Å². The number of unbranched alkanes of at least 4 members (excludes halogenated alkanes) is 41. The zero-order valence-electron chi connectivity index (χ0n) is 53.3. The Bertz CT molecular complexity index is 1470. The van der Waals surface area contributed by atoms with Gasteiger partial charge in [0.05, 0.1) is 0 Å². The van der Waals surface area contributed by atoms with E-state index in [9.17, 15) is 14.4 Å². The number of ether oxygens (including phenoxy) is 3. The van der Waals surface area contributed by atoms with Crippen LogP contribution in [0, 0.1) is 0 Å². The van der Waals surface area contributed by atoms with Gasteiger partial charge in [-0.2, -0.15) is 0 Å². The van der Waals surface area contributed by atoms with Crippen LogP contribution in [0.5, 0.6) is 0 Å². The van der Waals surface area contributed by atoms with Gasteiger partial charge in [0.2, 0.25) is 0 Å². The number of esters is 3. The van der Waals surface area contributed by atoms with Crippen LogP contribution >= 0.6 is 0 Å². The van der Waals surface area contributed by atoms with Crippen molar-refractivity contribution in [3.8, 4) is 0 Å². The van der Waals surface area contributed by atoms with Gasteiger partial charge in [-0.25, -0.2) is 0 Å². The van der Waals surface area contributed by atoms with Crippen LogP contribution in [0.3, 0.4) is 0 Å². The molecule has 0 radical (unpaired) electrons. The average Bonchev–Trinajstić information content (AvgIpc) is 3.46. The van der Waals surface area contributed by atoms with Crippen LogP contribution in [-0.4, -0.2) is 37.2 Å². The van der Waals surface area contributed by atoms with Crippen molar-refractivity contribution in [1.82, 2.24) is 0 Å². The Kier molecular flexibility index (Phi) is 65.7. The third-order valence-corrected chi connectivity index (χ3v) is 15.4. The number of carbonyl (C=O) groups excluding carboxylic acids is 3. The Morgan fingerprint density at radius 2 is 0.487 bits per heavy atom. The maximum Gasteiger partial charge on any atom is 0.306 e. The quantitative estimate of drug-likeness (QED) is 0.0261. The zero-order chi connectivity index (χ0) is 57.8. The third-order valence-electron chi connectivity index (χ3n) is 15.4. The van der Waals surface area contributed by atoms with E-state index in [0.29, 0.717) is 19.3 Å². The van der Waals surface area contributed by atoms with Crippen LogP contribution in [0.4, 0.5) is 0 Å². The van der Waals surface area contributed by atoms with E-state index in [0.717, 1.165) is 116 Å². The maximum absolute atomic E-state index is 12.9. The molecule has 1 atom stereocenters. The van der Waals surface area contributed by atoms with Crippen molar-refractivity contribution < 1.29 is 28.6 Å². The Hall–Kier alpha value is -3.15. The van der Waals surface area contributed by atoms with E-state index in [-0.39, 0.29) is 31.1 Å². The number of carbonyl (C=O) groups is 3. The molecule has 6 nitrogen and oxygen atoms in total. The van der Waals surface area contributed by atoms with Gasteiger partial charge in [-0.3, -0.25) is 14.4 Å². The lowest BCUT2D eigenvalue weighted by molar-refractivity contribution is -0.167. The van der Waals surface area contributed by atoms with E-state index in [4.69, 9.17) is 14.2 Å². The molecule has 0 amide bonds. The molecule has 6 heteroatoms. The van der Waals surface area contributed by atoms with Crippen LogP contribution in [0.25, 0.3) is 0 Å². The third kappa shape index (κ3) is 65.7. The Morgan fingerprint density at radius 3 is 0.775 bits per heavy atom. The monoisotopic (exact) mass is 1120 g/mol. The average molecular weight is 1120 g/mol. The minimum Gasteiger partial charge on any atom is -0.462 e. The van der Waals surface area contributed by atoms with Crippen molar-refractivity contribution in [3.05, 3.63) is 72.9 Å². The Balaban J connectivity index is 4.34. The number of rotatable bonds is 64. The molecule has 0 aromatic rings. The molecule has 464 valence electrons. The first-order valence-electron chi connectivity index (χ1n) is 34.9. The SMILES string of the molecule is CC/C=C\C/C=C\C/C=C\C/C=C\C/C=C\CCCCCCCC(=O)OC(COC(=O)CCCCCCC/C=C\CCCCCCCCC)COC(=O)CCCCCCCCCCCCCCCCCCCCCCCCCCC. The van der Waals surface area contributed by atoms with Crippen molar-refractivity contribution in [2.45, 2.75) is 367 Å². The molecule has 0 aromatic heterocycles. The van der Waals surface area contributed by atoms with Gasteiger partial charge < -0.3 is 14.2 Å². The summed E-state index contributed by atoms with van der Waals surface area (Å²) in [6.07, 6.45) is 89.3. The molecule has 0 aromatic carbocycles. The predicted molar refractivity (Wildman–Crippen MR) is 348 cm³/mol. The lowest BCUT2D eigenvalue weighted by Gasteiger charge is -2.18. The van der Waals surface area contributed by atoms with E-state index in [1.807, 2.05) is 0 Å². The van der Waals surface area contributed by atoms with Crippen molar-refractivity contribution in [2.75, 3.05) is 13.2 Å². The molecule has 0 rings (SSSR count). The molecule has 0 saturated heterocycles. The summed E-state index contributed by atoms with van der Waals surface area (Å²) in [6.45, 7) is 6.56. The van der Waals surface area contributed by atoms with Gasteiger partial charge in [0.25, 0.3) is 0 Å². The van der Waals surface area contributed by atoms with Crippen LogP contribution in [0.1, 0.15) is 361 Å². The molecule has 0 saturated carbocycles. The summed E-state index contributed by atoms with van der Waals surface area (Å²) in [6, 6.07) is 0. The molecule has 80 heavy (non-hydrogen) atoms. The second kappa shape index (κ2) is 68.3. The fraction of sp³-hybridized carbons (Fsp3) is 0.797. The highest BCUT2D eigenvalue weighted by atomic mass is 16.6. The van der Waals surface area contributed by atoms with E-state index in [1.54, 1.807) is 0 Å². The Morgan fingerprint density at radius 1 is 0.263 bits per heavy atom. The predicted octanol–water partition coefficient (Wildman–Crippen LogP) is 24.1. The molecule has 0 spiro atoms. The van der Waals surface area contributed by atoms with E-state index >= 15 is 0 Å². The van der Waals surface area contributed by atoms with Crippen LogP contribution < -0.4 is 0 Å². The van der Waals surface area contributed by atoms with Gasteiger partial charge in [-0.05, 0) is 89.9 Å². The highest BCUT2D eigenvalue weighted by molar-refractivity contribution is 5.71. The van der Waals surface area contributed by atoms with Crippen LogP contribution in [-0.2, 0) is 28.6 Å². The molecule has 0 bridgehead atoms. The summed E-state index contributed by atoms with van der Waals surface area (Å²) in [4.78, 5) is 38.4. The highest BCUT2D eigenvalue weighted by Gasteiger charge is 2.19. The number of hydrogen-bond acceptors (Lipinski definition) is 6. The molecule has 0 heterocycles. The topological polar surface area (TPSA) is 78.9 Å². The van der Waals surface area contributed by atoms with Crippen molar-refractivity contribution in [3.63, 3.8) is 0 Å². The second-order valence-corrected chi connectivity index (χ2v) is 23.4. The summed E-state index contributed by atoms with van der Waals surface area (Å²) < 4.78 is 17.0. The molecular weight excluding hydrogens is 985 g/mol. The minimum atomic E-state index is -0.790. The normalized spacial score (nSPS) is 12.5. The smallest absolute Gasteiger partial charge is 0.306 e. The molecule has 0 aliphatic rings. The second-order valence-electron chi connectivity index (χ2n) is 23.4. The van der Waals surface area contributed by atoms with Gasteiger partial charge in [-0.1, -0.05) is 325 Å². The summed E-state index contributed by atoms with van der Waals surface area (Å²) in [5.74, 6) is -0.890. The number of hydrogen-bond donors (Lipinski definition) is 0. The van der Waals surface area contributed by atoms with Crippen molar-refractivity contribution in [1.29, 1.82) is 0 Å². The molecule has 0 aliphatic heterocycles. The van der Waals surface area contributed by atoms with Gasteiger partial charge >= 0.3 is 17.9 Å².